The fourth-order valence-electron chi connectivity index (χ4n) is 2.82. The Morgan fingerprint density at radius 1 is 1.21 bits per heavy atom. The van der Waals surface area contributed by atoms with Crippen LogP contribution in [0, 0.1) is 0 Å². The molecule has 1 aliphatic rings. The second kappa shape index (κ2) is 3.00. The van der Waals surface area contributed by atoms with E-state index in [-0.39, 0.29) is 0 Å². The number of hydrogen-bond donors (Lipinski definition) is 0. The summed E-state index contributed by atoms with van der Waals surface area (Å²) in [5, 5.41) is 0. The summed E-state index contributed by atoms with van der Waals surface area (Å²) in [5.74, 6) is 0.876. The minimum Gasteiger partial charge on any atom is -0.396 e. The predicted molar refractivity (Wildman–Crippen MR) is 67.5 cm³/mol. The van der Waals surface area contributed by atoms with E-state index in [0.29, 0.717) is 0 Å². The molecule has 5 nitrogen and oxygen atoms in total. The molecule has 0 fully saturated rings. The molecule has 5 heteroatoms. The molecule has 0 spiro atoms. The van der Waals surface area contributed by atoms with Crippen molar-refractivity contribution in [3.63, 3.8) is 0 Å². The number of fused-ring (bicyclic) bond motifs is 7. The van der Waals surface area contributed by atoms with Crippen LogP contribution in [0.5, 0.6) is 0 Å². The van der Waals surface area contributed by atoms with Crippen LogP contribution in [-0.4, -0.2) is 14.4 Å². The maximum atomic E-state index is 5.98. The first-order valence-electron chi connectivity index (χ1n) is 6.14. The van der Waals surface area contributed by atoms with Crippen LogP contribution in [-0.2, 0) is 6.54 Å². The molecule has 0 aliphatic carbocycles. The molecule has 0 unspecified atom stereocenters. The van der Waals surface area contributed by atoms with E-state index in [2.05, 4.69) is 14.5 Å². The first-order valence-corrected chi connectivity index (χ1v) is 6.14. The summed E-state index contributed by atoms with van der Waals surface area (Å²) in [6.07, 6.45) is 7.57. The van der Waals surface area contributed by atoms with Crippen LogP contribution in [0.15, 0.2) is 47.4 Å². The first kappa shape index (κ1) is 9.27. The maximum Gasteiger partial charge on any atom is 0.384 e. The predicted octanol–water partition coefficient (Wildman–Crippen LogP) is 1.79. The van der Waals surface area contributed by atoms with E-state index in [1.165, 1.54) is 0 Å². The SMILES string of the molecule is c1cnc2c(c1)-c1oc3cn4cccnc4c3[n+]1C2. The Labute approximate surface area is 107 Å². The Morgan fingerprint density at radius 2 is 2.16 bits per heavy atom. The number of hydrogen-bond acceptors (Lipinski definition) is 3. The second-order valence-electron chi connectivity index (χ2n) is 4.68. The van der Waals surface area contributed by atoms with Gasteiger partial charge < -0.3 is 4.42 Å². The summed E-state index contributed by atoms with van der Waals surface area (Å²) in [6.45, 7) is 0.745. The zero-order valence-electron chi connectivity index (χ0n) is 9.95. The second-order valence-corrected chi connectivity index (χ2v) is 4.68. The number of rotatable bonds is 0. The number of aromatic nitrogens is 4. The van der Waals surface area contributed by atoms with Crippen molar-refractivity contribution in [1.82, 2.24) is 14.4 Å². The molecular formula is C14H9N4O+. The van der Waals surface area contributed by atoms with Gasteiger partial charge in [0.05, 0.1) is 6.20 Å². The molecule has 90 valence electrons. The van der Waals surface area contributed by atoms with Crippen LogP contribution in [0.4, 0.5) is 0 Å². The lowest BCUT2D eigenvalue weighted by molar-refractivity contribution is -0.649. The normalized spacial score (nSPS) is 13.1. The van der Waals surface area contributed by atoms with Crippen LogP contribution >= 0.6 is 0 Å². The highest BCUT2D eigenvalue weighted by Crippen LogP contribution is 2.31. The average Bonchev–Trinajstić information content (AvgIpc) is 3.05. The quantitative estimate of drug-likeness (QED) is 0.393. The highest BCUT2D eigenvalue weighted by molar-refractivity contribution is 5.86. The van der Waals surface area contributed by atoms with Gasteiger partial charge in [-0.3, -0.25) is 9.38 Å². The van der Waals surface area contributed by atoms with Gasteiger partial charge in [-0.1, -0.05) is 0 Å². The Bertz CT molecular complexity index is 951. The fraction of sp³-hybridized carbons (Fsp3) is 0.0714. The topological polar surface area (TPSA) is 47.2 Å². The largest absolute Gasteiger partial charge is 0.396 e. The molecule has 0 amide bonds. The number of oxazole rings is 1. The van der Waals surface area contributed by atoms with Crippen LogP contribution < -0.4 is 4.57 Å². The van der Waals surface area contributed by atoms with E-state index >= 15 is 0 Å². The molecular weight excluding hydrogens is 240 g/mol. The van der Waals surface area contributed by atoms with Gasteiger partial charge in [0.2, 0.25) is 11.2 Å². The Morgan fingerprint density at radius 3 is 3.16 bits per heavy atom. The van der Waals surface area contributed by atoms with E-state index < -0.39 is 0 Å². The van der Waals surface area contributed by atoms with Crippen LogP contribution in [0.2, 0.25) is 0 Å². The molecule has 4 aromatic rings. The molecule has 0 saturated carbocycles. The minimum absolute atomic E-state index is 0.745. The van der Waals surface area contributed by atoms with Crippen LogP contribution in [0.1, 0.15) is 5.69 Å². The van der Waals surface area contributed by atoms with E-state index in [9.17, 15) is 0 Å². The molecule has 0 aromatic carbocycles. The molecule has 0 radical (unpaired) electrons. The van der Waals surface area contributed by atoms with E-state index in [0.717, 1.165) is 40.4 Å². The van der Waals surface area contributed by atoms with Gasteiger partial charge in [-0.2, -0.15) is 0 Å². The summed E-state index contributed by atoms with van der Waals surface area (Å²) in [6, 6.07) is 5.90. The van der Waals surface area contributed by atoms with Crippen molar-refractivity contribution in [3.05, 3.63) is 48.7 Å². The molecule has 5 heterocycles. The summed E-state index contributed by atoms with van der Waals surface area (Å²) >= 11 is 0. The lowest BCUT2D eigenvalue weighted by atomic mass is 10.2. The number of pyridine rings is 1. The molecule has 4 aromatic heterocycles. The Hall–Kier alpha value is -2.69. The molecule has 0 saturated heterocycles. The lowest BCUT2D eigenvalue weighted by Crippen LogP contribution is -2.30. The Balaban J connectivity index is 1.94. The van der Waals surface area contributed by atoms with Crippen molar-refractivity contribution in [2.24, 2.45) is 0 Å². The van der Waals surface area contributed by atoms with Gasteiger partial charge in [0, 0.05) is 18.6 Å². The highest BCUT2D eigenvalue weighted by atomic mass is 16.4. The molecule has 0 atom stereocenters. The zero-order valence-corrected chi connectivity index (χ0v) is 9.95. The third kappa shape index (κ3) is 1.03. The fourth-order valence-corrected chi connectivity index (χ4v) is 2.82. The van der Waals surface area contributed by atoms with E-state index in [1.54, 1.807) is 6.20 Å². The summed E-state index contributed by atoms with van der Waals surface area (Å²) in [4.78, 5) is 8.85. The van der Waals surface area contributed by atoms with Crippen molar-refractivity contribution >= 4 is 16.7 Å². The molecule has 0 N–H and O–H groups in total. The van der Waals surface area contributed by atoms with Gasteiger partial charge in [0.1, 0.15) is 11.3 Å². The van der Waals surface area contributed by atoms with Crippen molar-refractivity contribution in [2.45, 2.75) is 6.54 Å². The smallest absolute Gasteiger partial charge is 0.384 e. The molecule has 0 bridgehead atoms. The van der Waals surface area contributed by atoms with E-state index in [1.807, 2.05) is 41.2 Å². The summed E-state index contributed by atoms with van der Waals surface area (Å²) in [5.41, 5.74) is 4.95. The van der Waals surface area contributed by atoms with Gasteiger partial charge in [0.15, 0.2) is 6.54 Å². The van der Waals surface area contributed by atoms with Crippen molar-refractivity contribution in [3.8, 4) is 11.5 Å². The Kier molecular flexibility index (Phi) is 1.46. The van der Waals surface area contributed by atoms with Gasteiger partial charge in [-0.25, -0.2) is 4.98 Å². The van der Waals surface area contributed by atoms with Gasteiger partial charge in [0.25, 0.3) is 5.52 Å². The lowest BCUT2D eigenvalue weighted by Gasteiger charge is -1.89. The maximum absolute atomic E-state index is 5.98. The van der Waals surface area contributed by atoms with Gasteiger partial charge >= 0.3 is 5.89 Å². The minimum atomic E-state index is 0.745. The van der Waals surface area contributed by atoms with Crippen molar-refractivity contribution in [1.29, 1.82) is 0 Å². The third-order valence-electron chi connectivity index (χ3n) is 3.63. The van der Waals surface area contributed by atoms with Crippen LogP contribution in [0.25, 0.3) is 28.2 Å². The van der Waals surface area contributed by atoms with Crippen molar-refractivity contribution < 1.29 is 8.98 Å². The monoisotopic (exact) mass is 249 g/mol. The molecule has 19 heavy (non-hydrogen) atoms. The van der Waals surface area contributed by atoms with E-state index in [4.69, 9.17) is 4.42 Å². The van der Waals surface area contributed by atoms with Crippen LogP contribution in [0.3, 0.4) is 0 Å². The zero-order chi connectivity index (χ0) is 12.4. The molecule has 5 rings (SSSR count). The standard InChI is InChI=1S/C14H9N4O/c1-3-9-10(15-4-1)7-18-12-11(19-14(9)18)8-17-6-2-5-16-13(12)17/h1-6,8H,7H2/q+1. The first-order chi connectivity index (χ1) is 9.42. The van der Waals surface area contributed by atoms with Gasteiger partial charge in [-0.15, -0.1) is 4.57 Å². The average molecular weight is 249 g/mol. The number of nitrogens with zero attached hydrogens (tertiary/aromatic N) is 4. The highest BCUT2D eigenvalue weighted by Gasteiger charge is 2.36. The molecule has 1 aliphatic heterocycles. The van der Waals surface area contributed by atoms with Gasteiger partial charge in [-0.05, 0) is 18.2 Å². The third-order valence-corrected chi connectivity index (χ3v) is 3.63. The van der Waals surface area contributed by atoms with Crippen molar-refractivity contribution in [2.75, 3.05) is 0 Å². The summed E-state index contributed by atoms with van der Waals surface area (Å²) in [7, 11) is 0. The summed E-state index contributed by atoms with van der Waals surface area (Å²) < 4.78 is 10.1.